The van der Waals surface area contributed by atoms with Crippen LogP contribution < -0.4 is 15.2 Å². The molecular formula is C15H17NO4S. The lowest BCUT2D eigenvalue weighted by molar-refractivity contribution is 0.306. The quantitative estimate of drug-likeness (QED) is 0.857. The minimum Gasteiger partial charge on any atom is -0.497 e. The van der Waals surface area contributed by atoms with E-state index in [0.29, 0.717) is 18.0 Å². The molecule has 5 nitrogen and oxygen atoms in total. The number of nitrogen functional groups attached to an aromatic ring is 1. The molecule has 0 aliphatic heterocycles. The molecule has 0 saturated carbocycles. The number of benzene rings is 2. The Bertz CT molecular complexity index is 741. The van der Waals surface area contributed by atoms with Crippen LogP contribution in [-0.2, 0) is 16.4 Å². The molecule has 0 atom stereocenters. The Morgan fingerprint density at radius 3 is 2.52 bits per heavy atom. The summed E-state index contributed by atoms with van der Waals surface area (Å²) >= 11 is 0. The average Bonchev–Trinajstić information content (AvgIpc) is 2.45. The van der Waals surface area contributed by atoms with Gasteiger partial charge in [0.05, 0.1) is 17.7 Å². The van der Waals surface area contributed by atoms with E-state index in [-0.39, 0.29) is 4.90 Å². The summed E-state index contributed by atoms with van der Waals surface area (Å²) in [7, 11) is -1.67. The Morgan fingerprint density at radius 2 is 1.90 bits per heavy atom. The maximum absolute atomic E-state index is 11.4. The first-order chi connectivity index (χ1) is 9.90. The molecule has 2 rings (SSSR count). The summed E-state index contributed by atoms with van der Waals surface area (Å²) in [5, 5.41) is 0. The van der Waals surface area contributed by atoms with Crippen LogP contribution in [0.4, 0.5) is 5.69 Å². The van der Waals surface area contributed by atoms with Crippen LogP contribution in [0.15, 0.2) is 47.4 Å². The van der Waals surface area contributed by atoms with Crippen molar-refractivity contribution in [2.75, 3.05) is 19.1 Å². The molecule has 6 heteroatoms. The van der Waals surface area contributed by atoms with Gasteiger partial charge >= 0.3 is 0 Å². The summed E-state index contributed by atoms with van der Waals surface area (Å²) in [6, 6.07) is 11.9. The summed E-state index contributed by atoms with van der Waals surface area (Å²) < 4.78 is 33.6. The van der Waals surface area contributed by atoms with E-state index in [1.54, 1.807) is 13.2 Å². The predicted octanol–water partition coefficient (Wildman–Crippen LogP) is 2.26. The van der Waals surface area contributed by atoms with E-state index in [2.05, 4.69) is 0 Å². The predicted molar refractivity (Wildman–Crippen MR) is 81.3 cm³/mol. The van der Waals surface area contributed by atoms with E-state index in [1.165, 1.54) is 12.1 Å². The number of sulfone groups is 1. The van der Waals surface area contributed by atoms with Crippen LogP contribution in [0.5, 0.6) is 11.5 Å². The van der Waals surface area contributed by atoms with E-state index in [1.807, 2.05) is 24.3 Å². The second-order valence-electron chi connectivity index (χ2n) is 4.61. The van der Waals surface area contributed by atoms with Gasteiger partial charge in [-0.25, -0.2) is 8.42 Å². The van der Waals surface area contributed by atoms with Gasteiger partial charge in [-0.1, -0.05) is 12.1 Å². The van der Waals surface area contributed by atoms with E-state index in [4.69, 9.17) is 15.2 Å². The third-order valence-corrected chi connectivity index (χ3v) is 4.05. The second kappa shape index (κ2) is 6.05. The Labute approximate surface area is 124 Å². The van der Waals surface area contributed by atoms with E-state index >= 15 is 0 Å². The van der Waals surface area contributed by atoms with Gasteiger partial charge < -0.3 is 15.2 Å². The highest BCUT2D eigenvalue weighted by Crippen LogP contribution is 2.26. The SMILES string of the molecule is COc1cccc(COc2ccc(S(C)(=O)=O)cc2N)c1. The standard InChI is InChI=1S/C15H17NO4S/c1-19-12-5-3-4-11(8-12)10-20-15-7-6-13(9-14(15)16)21(2,17)18/h3-9H,10,16H2,1-2H3. The van der Waals surface area contributed by atoms with E-state index in [0.717, 1.165) is 17.6 Å². The van der Waals surface area contributed by atoms with Crippen molar-refractivity contribution in [1.29, 1.82) is 0 Å². The largest absolute Gasteiger partial charge is 0.497 e. The van der Waals surface area contributed by atoms with Crippen molar-refractivity contribution in [3.63, 3.8) is 0 Å². The van der Waals surface area contributed by atoms with Crippen LogP contribution >= 0.6 is 0 Å². The highest BCUT2D eigenvalue weighted by molar-refractivity contribution is 7.90. The minimum atomic E-state index is -3.27. The number of anilines is 1. The Kier molecular flexibility index (Phi) is 4.37. The molecule has 21 heavy (non-hydrogen) atoms. The Morgan fingerprint density at radius 1 is 1.14 bits per heavy atom. The van der Waals surface area contributed by atoms with Crippen molar-refractivity contribution >= 4 is 15.5 Å². The summed E-state index contributed by atoms with van der Waals surface area (Å²) in [4.78, 5) is 0.175. The second-order valence-corrected chi connectivity index (χ2v) is 6.63. The number of methoxy groups -OCH3 is 1. The molecule has 0 saturated heterocycles. The maximum Gasteiger partial charge on any atom is 0.175 e. The molecule has 2 aromatic carbocycles. The van der Waals surface area contributed by atoms with Crippen molar-refractivity contribution in [2.45, 2.75) is 11.5 Å². The van der Waals surface area contributed by atoms with Crippen LogP contribution in [0, 0.1) is 0 Å². The zero-order valence-corrected chi connectivity index (χ0v) is 12.7. The molecule has 0 aliphatic rings. The van der Waals surface area contributed by atoms with Gasteiger partial charge in [0.25, 0.3) is 0 Å². The number of hydrogen-bond donors (Lipinski definition) is 1. The monoisotopic (exact) mass is 307 g/mol. The lowest BCUT2D eigenvalue weighted by atomic mass is 10.2. The van der Waals surface area contributed by atoms with Crippen LogP contribution in [0.25, 0.3) is 0 Å². The van der Waals surface area contributed by atoms with Gasteiger partial charge in [0.1, 0.15) is 18.1 Å². The first-order valence-corrected chi connectivity index (χ1v) is 8.14. The first-order valence-electron chi connectivity index (χ1n) is 6.25. The fraction of sp³-hybridized carbons (Fsp3) is 0.200. The summed E-state index contributed by atoms with van der Waals surface area (Å²) in [6.07, 6.45) is 1.14. The summed E-state index contributed by atoms with van der Waals surface area (Å²) in [5.41, 5.74) is 7.05. The van der Waals surface area contributed by atoms with E-state index < -0.39 is 9.84 Å². The third-order valence-electron chi connectivity index (χ3n) is 2.94. The van der Waals surface area contributed by atoms with Crippen LogP contribution in [0.3, 0.4) is 0 Å². The first kappa shape index (κ1) is 15.2. The highest BCUT2D eigenvalue weighted by atomic mass is 32.2. The lowest BCUT2D eigenvalue weighted by Gasteiger charge is -2.10. The fourth-order valence-corrected chi connectivity index (χ4v) is 2.47. The maximum atomic E-state index is 11.4. The van der Waals surface area contributed by atoms with Gasteiger partial charge in [-0.05, 0) is 35.9 Å². The van der Waals surface area contributed by atoms with Gasteiger partial charge in [-0.15, -0.1) is 0 Å². The zero-order valence-electron chi connectivity index (χ0n) is 11.9. The fourth-order valence-electron chi connectivity index (χ4n) is 1.81. The number of hydrogen-bond acceptors (Lipinski definition) is 5. The number of nitrogens with two attached hydrogens (primary N) is 1. The van der Waals surface area contributed by atoms with Crippen molar-refractivity contribution in [3.05, 3.63) is 48.0 Å². The Hall–Kier alpha value is -2.21. The molecule has 0 fully saturated rings. The minimum absolute atomic E-state index is 0.175. The molecular weight excluding hydrogens is 290 g/mol. The molecule has 0 heterocycles. The highest BCUT2D eigenvalue weighted by Gasteiger charge is 2.10. The van der Waals surface area contributed by atoms with Gasteiger partial charge in [0.15, 0.2) is 9.84 Å². The molecule has 0 radical (unpaired) electrons. The molecule has 0 amide bonds. The molecule has 0 unspecified atom stereocenters. The molecule has 2 N–H and O–H groups in total. The van der Waals surface area contributed by atoms with Gasteiger partial charge in [-0.2, -0.15) is 0 Å². The van der Waals surface area contributed by atoms with Crippen LogP contribution in [0.1, 0.15) is 5.56 Å². The molecule has 2 aromatic rings. The third kappa shape index (κ3) is 3.88. The van der Waals surface area contributed by atoms with Crippen molar-refractivity contribution < 1.29 is 17.9 Å². The molecule has 0 aromatic heterocycles. The van der Waals surface area contributed by atoms with Crippen molar-refractivity contribution in [2.24, 2.45) is 0 Å². The van der Waals surface area contributed by atoms with Crippen LogP contribution in [0.2, 0.25) is 0 Å². The zero-order chi connectivity index (χ0) is 15.5. The number of rotatable bonds is 5. The lowest BCUT2D eigenvalue weighted by Crippen LogP contribution is -2.02. The topological polar surface area (TPSA) is 78.6 Å². The van der Waals surface area contributed by atoms with Gasteiger partial charge in [0.2, 0.25) is 0 Å². The van der Waals surface area contributed by atoms with Crippen molar-refractivity contribution in [3.8, 4) is 11.5 Å². The van der Waals surface area contributed by atoms with Crippen molar-refractivity contribution in [1.82, 2.24) is 0 Å². The average molecular weight is 307 g/mol. The Balaban J connectivity index is 2.13. The number of ether oxygens (including phenoxy) is 2. The summed E-state index contributed by atoms with van der Waals surface area (Å²) in [5.74, 6) is 1.20. The smallest absolute Gasteiger partial charge is 0.175 e. The molecule has 112 valence electrons. The normalized spacial score (nSPS) is 11.1. The van der Waals surface area contributed by atoms with E-state index in [9.17, 15) is 8.42 Å². The molecule has 0 bridgehead atoms. The van der Waals surface area contributed by atoms with Gasteiger partial charge in [-0.3, -0.25) is 0 Å². The molecule has 0 spiro atoms. The molecule has 0 aliphatic carbocycles. The van der Waals surface area contributed by atoms with Gasteiger partial charge in [0, 0.05) is 6.26 Å². The summed E-state index contributed by atoms with van der Waals surface area (Å²) in [6.45, 7) is 0.319. The van der Waals surface area contributed by atoms with Crippen LogP contribution in [-0.4, -0.2) is 21.8 Å².